The topological polar surface area (TPSA) is 60.7 Å². The van der Waals surface area contributed by atoms with Crippen LogP contribution in [-0.4, -0.2) is 15.3 Å². The van der Waals surface area contributed by atoms with Gasteiger partial charge in [0.25, 0.3) is 0 Å². The van der Waals surface area contributed by atoms with E-state index in [1.165, 1.54) is 51.0 Å². The number of aromatic hydroxyl groups is 3. The molecule has 0 amide bonds. The number of phenolic OH excluding ortho intramolecular Hbond substituents is 3. The monoisotopic (exact) mass is 280 g/mol. The molecule has 0 saturated heterocycles. The van der Waals surface area contributed by atoms with Crippen molar-refractivity contribution in [2.24, 2.45) is 0 Å². The fourth-order valence-electron chi connectivity index (χ4n) is 2.48. The third-order valence-corrected chi connectivity index (χ3v) is 3.70. The molecule has 0 heterocycles. The lowest BCUT2D eigenvalue weighted by Crippen LogP contribution is -1.88. The molecule has 0 radical (unpaired) electrons. The SMILES string of the molecule is CCCCCCCCCCCc1cc(O)cc(O)c1O. The van der Waals surface area contributed by atoms with Crippen molar-refractivity contribution in [2.75, 3.05) is 0 Å². The number of rotatable bonds is 10. The molecule has 0 bridgehead atoms. The van der Waals surface area contributed by atoms with Gasteiger partial charge in [-0.1, -0.05) is 58.3 Å². The molecular weight excluding hydrogens is 252 g/mol. The summed E-state index contributed by atoms with van der Waals surface area (Å²) in [5.41, 5.74) is 0.630. The lowest BCUT2D eigenvalue weighted by Gasteiger charge is -2.07. The van der Waals surface area contributed by atoms with Gasteiger partial charge in [-0.05, 0) is 18.9 Å². The molecule has 1 aromatic rings. The fourth-order valence-corrected chi connectivity index (χ4v) is 2.48. The van der Waals surface area contributed by atoms with Gasteiger partial charge in [-0.2, -0.15) is 0 Å². The van der Waals surface area contributed by atoms with E-state index in [4.69, 9.17) is 0 Å². The molecule has 0 spiro atoms. The summed E-state index contributed by atoms with van der Waals surface area (Å²) < 4.78 is 0. The first-order valence-electron chi connectivity index (χ1n) is 7.89. The van der Waals surface area contributed by atoms with Gasteiger partial charge in [0.2, 0.25) is 0 Å². The molecule has 3 heteroatoms. The molecule has 0 saturated carbocycles. The van der Waals surface area contributed by atoms with E-state index in [1.807, 2.05) is 0 Å². The van der Waals surface area contributed by atoms with Crippen LogP contribution in [0.15, 0.2) is 12.1 Å². The number of unbranched alkanes of at least 4 members (excludes halogenated alkanes) is 8. The van der Waals surface area contributed by atoms with Crippen LogP contribution in [0.25, 0.3) is 0 Å². The third kappa shape index (κ3) is 6.18. The van der Waals surface area contributed by atoms with Gasteiger partial charge in [0.15, 0.2) is 11.5 Å². The molecule has 0 aliphatic heterocycles. The Morgan fingerprint density at radius 1 is 0.750 bits per heavy atom. The Labute approximate surface area is 122 Å². The summed E-state index contributed by atoms with van der Waals surface area (Å²) in [6.45, 7) is 2.23. The van der Waals surface area contributed by atoms with Crippen LogP contribution in [0.2, 0.25) is 0 Å². The predicted molar refractivity (Wildman–Crippen MR) is 82.4 cm³/mol. The van der Waals surface area contributed by atoms with Gasteiger partial charge >= 0.3 is 0 Å². The fraction of sp³-hybridized carbons (Fsp3) is 0.647. The Hall–Kier alpha value is -1.38. The van der Waals surface area contributed by atoms with Crippen molar-refractivity contribution >= 4 is 0 Å². The van der Waals surface area contributed by atoms with Gasteiger partial charge in [0.05, 0.1) is 0 Å². The highest BCUT2D eigenvalue weighted by Crippen LogP contribution is 2.34. The highest BCUT2D eigenvalue weighted by molar-refractivity contribution is 5.49. The van der Waals surface area contributed by atoms with Crippen molar-refractivity contribution in [3.05, 3.63) is 17.7 Å². The molecule has 0 unspecified atom stereocenters. The van der Waals surface area contributed by atoms with Crippen molar-refractivity contribution in [1.82, 2.24) is 0 Å². The Balaban J connectivity index is 2.13. The van der Waals surface area contributed by atoms with Crippen molar-refractivity contribution in [3.8, 4) is 17.2 Å². The summed E-state index contributed by atoms with van der Waals surface area (Å²) in [4.78, 5) is 0. The second kappa shape index (κ2) is 9.51. The van der Waals surface area contributed by atoms with Gasteiger partial charge in [-0.3, -0.25) is 0 Å². The van der Waals surface area contributed by atoms with Crippen LogP contribution in [0.4, 0.5) is 0 Å². The van der Waals surface area contributed by atoms with Crippen LogP contribution in [0, 0.1) is 0 Å². The van der Waals surface area contributed by atoms with Gasteiger partial charge in [-0.25, -0.2) is 0 Å². The number of hydrogen-bond donors (Lipinski definition) is 3. The van der Waals surface area contributed by atoms with Crippen molar-refractivity contribution in [3.63, 3.8) is 0 Å². The summed E-state index contributed by atoms with van der Waals surface area (Å²) in [5, 5.41) is 28.5. The van der Waals surface area contributed by atoms with Gasteiger partial charge in [-0.15, -0.1) is 0 Å². The van der Waals surface area contributed by atoms with Crippen molar-refractivity contribution < 1.29 is 15.3 Å². The zero-order valence-corrected chi connectivity index (χ0v) is 12.6. The van der Waals surface area contributed by atoms with E-state index in [1.54, 1.807) is 0 Å². The first-order chi connectivity index (χ1) is 9.65. The zero-order chi connectivity index (χ0) is 14.8. The predicted octanol–water partition coefficient (Wildman–Crippen LogP) is 4.88. The molecule has 0 aromatic heterocycles. The lowest BCUT2D eigenvalue weighted by molar-refractivity contribution is 0.391. The Morgan fingerprint density at radius 2 is 1.30 bits per heavy atom. The second-order valence-electron chi connectivity index (χ2n) is 5.55. The third-order valence-electron chi connectivity index (χ3n) is 3.70. The minimum Gasteiger partial charge on any atom is -0.508 e. The summed E-state index contributed by atoms with van der Waals surface area (Å²) in [5.74, 6) is -0.329. The zero-order valence-electron chi connectivity index (χ0n) is 12.6. The molecule has 20 heavy (non-hydrogen) atoms. The van der Waals surface area contributed by atoms with Crippen molar-refractivity contribution in [1.29, 1.82) is 0 Å². The highest BCUT2D eigenvalue weighted by atomic mass is 16.3. The molecule has 0 aliphatic rings. The summed E-state index contributed by atoms with van der Waals surface area (Å²) in [7, 11) is 0. The molecule has 0 atom stereocenters. The Bertz CT molecular complexity index is 388. The van der Waals surface area contributed by atoms with Crippen LogP contribution >= 0.6 is 0 Å². The number of phenols is 3. The molecule has 3 N–H and O–H groups in total. The first-order valence-corrected chi connectivity index (χ1v) is 7.89. The van der Waals surface area contributed by atoms with E-state index in [2.05, 4.69) is 6.92 Å². The average Bonchev–Trinajstić information content (AvgIpc) is 2.42. The van der Waals surface area contributed by atoms with Crippen LogP contribution in [0.1, 0.15) is 70.3 Å². The van der Waals surface area contributed by atoms with Crippen LogP contribution < -0.4 is 0 Å². The van der Waals surface area contributed by atoms with Crippen LogP contribution in [0.5, 0.6) is 17.2 Å². The minimum atomic E-state index is -0.240. The molecule has 114 valence electrons. The highest BCUT2D eigenvalue weighted by Gasteiger charge is 2.08. The van der Waals surface area contributed by atoms with E-state index in [9.17, 15) is 15.3 Å². The van der Waals surface area contributed by atoms with E-state index in [0.29, 0.717) is 12.0 Å². The molecule has 3 nitrogen and oxygen atoms in total. The maximum atomic E-state index is 9.68. The largest absolute Gasteiger partial charge is 0.508 e. The molecule has 0 aliphatic carbocycles. The Morgan fingerprint density at radius 3 is 1.90 bits per heavy atom. The normalized spacial score (nSPS) is 10.8. The lowest BCUT2D eigenvalue weighted by atomic mass is 10.0. The molecule has 0 fully saturated rings. The average molecular weight is 280 g/mol. The minimum absolute atomic E-state index is 0.00576. The van der Waals surface area contributed by atoms with E-state index in [0.717, 1.165) is 18.9 Å². The van der Waals surface area contributed by atoms with Crippen molar-refractivity contribution in [2.45, 2.75) is 71.1 Å². The van der Waals surface area contributed by atoms with Crippen LogP contribution in [0.3, 0.4) is 0 Å². The maximum Gasteiger partial charge on any atom is 0.161 e. The number of aryl methyl sites for hydroxylation is 1. The first kappa shape index (κ1) is 16.7. The summed E-state index contributed by atoms with van der Waals surface area (Å²) in [6, 6.07) is 2.69. The quantitative estimate of drug-likeness (QED) is 0.325. The van der Waals surface area contributed by atoms with E-state index in [-0.39, 0.29) is 17.2 Å². The molecule has 1 rings (SSSR count). The van der Waals surface area contributed by atoms with Gasteiger partial charge < -0.3 is 15.3 Å². The van der Waals surface area contributed by atoms with E-state index < -0.39 is 0 Å². The molecule has 1 aromatic carbocycles. The van der Waals surface area contributed by atoms with Crippen LogP contribution in [-0.2, 0) is 6.42 Å². The summed E-state index contributed by atoms with van der Waals surface area (Å²) in [6.07, 6.45) is 12.0. The number of hydrogen-bond acceptors (Lipinski definition) is 3. The van der Waals surface area contributed by atoms with E-state index >= 15 is 0 Å². The standard InChI is InChI=1S/C17H28O3/c1-2-3-4-5-6-7-8-9-10-11-14-12-15(18)13-16(19)17(14)20/h12-13,18-20H,2-11H2,1H3. The Kier molecular flexibility index (Phi) is 7.93. The smallest absolute Gasteiger partial charge is 0.161 e. The maximum absolute atomic E-state index is 9.68. The summed E-state index contributed by atoms with van der Waals surface area (Å²) >= 11 is 0. The van der Waals surface area contributed by atoms with Gasteiger partial charge in [0.1, 0.15) is 5.75 Å². The second-order valence-corrected chi connectivity index (χ2v) is 5.55. The number of benzene rings is 1. The van der Waals surface area contributed by atoms with Gasteiger partial charge in [0, 0.05) is 11.6 Å². The molecular formula is C17H28O3.